The third-order valence-corrected chi connectivity index (χ3v) is 5.06. The Kier molecular flexibility index (Phi) is 4.23. The van der Waals surface area contributed by atoms with Crippen LogP contribution in [-0.4, -0.2) is 47.9 Å². The molecule has 4 nitrogen and oxygen atoms in total. The van der Waals surface area contributed by atoms with E-state index in [1.807, 2.05) is 24.3 Å². The Hall–Kier alpha value is -1.76. The van der Waals surface area contributed by atoms with Gasteiger partial charge in [-0.25, -0.2) is 0 Å². The highest BCUT2D eigenvalue weighted by atomic mass is 19.4. The van der Waals surface area contributed by atoms with Gasteiger partial charge in [0.25, 0.3) is 0 Å². The summed E-state index contributed by atoms with van der Waals surface area (Å²) in [5.41, 5.74) is -1.66. The molecule has 1 aliphatic carbocycles. The number of hydrogen-bond acceptors (Lipinski definition) is 3. The number of carbonyl (C=O) groups is 1. The number of alkyl halides is 3. The number of methoxy groups -OCH3 is 1. The summed E-state index contributed by atoms with van der Waals surface area (Å²) in [5, 5.41) is 9.67. The maximum Gasteiger partial charge on any atom is 0.417 e. The molecule has 1 saturated heterocycles. The van der Waals surface area contributed by atoms with Gasteiger partial charge >= 0.3 is 6.18 Å². The first-order valence-corrected chi connectivity index (χ1v) is 7.97. The molecular formula is C17H20F3NO3. The van der Waals surface area contributed by atoms with Crippen molar-refractivity contribution in [3.8, 4) is 5.75 Å². The first-order chi connectivity index (χ1) is 11.2. The molecule has 0 bridgehead atoms. The van der Waals surface area contributed by atoms with Crippen molar-refractivity contribution in [1.29, 1.82) is 0 Å². The summed E-state index contributed by atoms with van der Waals surface area (Å²) in [6.07, 6.45) is -4.87. The van der Waals surface area contributed by atoms with Crippen LogP contribution >= 0.6 is 0 Å². The van der Waals surface area contributed by atoms with Crippen molar-refractivity contribution in [2.75, 3.05) is 20.2 Å². The third-order valence-electron chi connectivity index (χ3n) is 5.06. The van der Waals surface area contributed by atoms with Gasteiger partial charge in [0.15, 0.2) is 5.60 Å². The zero-order chi connectivity index (χ0) is 17.5. The topological polar surface area (TPSA) is 49.8 Å². The van der Waals surface area contributed by atoms with E-state index in [2.05, 4.69) is 0 Å². The van der Waals surface area contributed by atoms with Gasteiger partial charge in [0, 0.05) is 31.8 Å². The van der Waals surface area contributed by atoms with Gasteiger partial charge < -0.3 is 14.7 Å². The Labute approximate surface area is 138 Å². The maximum atomic E-state index is 12.8. The Morgan fingerprint density at radius 2 is 2.00 bits per heavy atom. The number of likely N-dealkylation sites (tertiary alicyclic amines) is 1. The zero-order valence-electron chi connectivity index (χ0n) is 13.3. The van der Waals surface area contributed by atoms with Gasteiger partial charge in [0.2, 0.25) is 5.91 Å². The number of rotatable bonds is 3. The van der Waals surface area contributed by atoms with Crippen LogP contribution in [0, 0.1) is 5.92 Å². The number of benzene rings is 1. The first kappa shape index (κ1) is 17.1. The highest BCUT2D eigenvalue weighted by molar-refractivity contribution is 5.83. The Morgan fingerprint density at radius 3 is 2.58 bits per heavy atom. The minimum Gasteiger partial charge on any atom is -0.497 e. The monoisotopic (exact) mass is 343 g/mol. The van der Waals surface area contributed by atoms with Crippen molar-refractivity contribution >= 4 is 5.91 Å². The smallest absolute Gasteiger partial charge is 0.417 e. The fourth-order valence-corrected chi connectivity index (χ4v) is 3.32. The summed E-state index contributed by atoms with van der Waals surface area (Å²) >= 11 is 0. The van der Waals surface area contributed by atoms with Crippen molar-refractivity contribution < 1.29 is 27.8 Å². The number of amides is 1. The number of nitrogens with zero attached hydrogens (tertiary/aromatic N) is 1. The average molecular weight is 343 g/mol. The fraction of sp³-hybridized carbons (Fsp3) is 0.588. The normalized spacial score (nSPS) is 26.1. The second-order valence-corrected chi connectivity index (χ2v) is 6.58. The second kappa shape index (κ2) is 5.95. The molecule has 1 amide bonds. The summed E-state index contributed by atoms with van der Waals surface area (Å²) < 4.78 is 43.6. The summed E-state index contributed by atoms with van der Waals surface area (Å²) in [6, 6.07) is 7.50. The number of piperidine rings is 1. The molecule has 1 aromatic carbocycles. The second-order valence-electron chi connectivity index (χ2n) is 6.58. The van der Waals surface area contributed by atoms with Crippen molar-refractivity contribution in [1.82, 2.24) is 4.90 Å². The van der Waals surface area contributed by atoms with Gasteiger partial charge in [-0.15, -0.1) is 0 Å². The van der Waals surface area contributed by atoms with Crippen LogP contribution in [0.4, 0.5) is 13.2 Å². The standard InChI is InChI=1S/C17H20F3NO3/c1-24-12-4-2-3-11(9-12)13-10-14(13)15(22)21-7-5-16(23,6-8-21)17(18,19)20/h2-4,9,13-14,23H,5-8,10H2,1H3. The van der Waals surface area contributed by atoms with Crippen molar-refractivity contribution in [3.63, 3.8) is 0 Å². The maximum absolute atomic E-state index is 12.8. The van der Waals surface area contributed by atoms with E-state index in [4.69, 9.17) is 4.74 Å². The molecule has 2 atom stereocenters. The van der Waals surface area contributed by atoms with Crippen LogP contribution in [0.5, 0.6) is 5.75 Å². The van der Waals surface area contributed by atoms with Crippen molar-refractivity contribution in [2.24, 2.45) is 5.92 Å². The lowest BCUT2D eigenvalue weighted by molar-refractivity contribution is -0.272. The molecule has 1 aromatic rings. The molecule has 0 spiro atoms. The number of carbonyl (C=O) groups excluding carboxylic acids is 1. The average Bonchev–Trinajstić information content (AvgIpc) is 3.34. The quantitative estimate of drug-likeness (QED) is 0.918. The van der Waals surface area contributed by atoms with E-state index in [0.717, 1.165) is 11.3 Å². The largest absolute Gasteiger partial charge is 0.497 e. The zero-order valence-corrected chi connectivity index (χ0v) is 13.3. The summed E-state index contributed by atoms with van der Waals surface area (Å²) in [4.78, 5) is 13.9. The van der Waals surface area contributed by atoms with Crippen LogP contribution in [0.2, 0.25) is 0 Å². The van der Waals surface area contributed by atoms with Crippen LogP contribution in [0.15, 0.2) is 24.3 Å². The van der Waals surface area contributed by atoms with Crippen LogP contribution in [0.1, 0.15) is 30.7 Å². The van der Waals surface area contributed by atoms with E-state index in [-0.39, 0.29) is 30.8 Å². The Bertz CT molecular complexity index is 624. The van der Waals surface area contributed by atoms with E-state index in [9.17, 15) is 23.1 Å². The van der Waals surface area contributed by atoms with E-state index < -0.39 is 24.6 Å². The third kappa shape index (κ3) is 3.09. The highest BCUT2D eigenvalue weighted by Crippen LogP contribution is 2.49. The molecular weight excluding hydrogens is 323 g/mol. The molecule has 0 radical (unpaired) electrons. The molecule has 2 fully saturated rings. The van der Waals surface area contributed by atoms with E-state index in [0.29, 0.717) is 6.42 Å². The van der Waals surface area contributed by atoms with Gasteiger partial charge in [-0.2, -0.15) is 13.2 Å². The van der Waals surface area contributed by atoms with Gasteiger partial charge in [-0.05, 0) is 30.0 Å². The lowest BCUT2D eigenvalue weighted by Gasteiger charge is -2.39. The molecule has 132 valence electrons. The molecule has 2 aliphatic rings. The number of hydrogen-bond donors (Lipinski definition) is 1. The van der Waals surface area contributed by atoms with Crippen LogP contribution < -0.4 is 4.74 Å². The molecule has 1 N–H and O–H groups in total. The minimum absolute atomic E-state index is 0.0594. The Balaban J connectivity index is 1.59. The molecule has 24 heavy (non-hydrogen) atoms. The van der Waals surface area contributed by atoms with Gasteiger partial charge in [-0.1, -0.05) is 12.1 Å². The minimum atomic E-state index is -4.65. The lowest BCUT2D eigenvalue weighted by atomic mass is 9.90. The van der Waals surface area contributed by atoms with Gasteiger partial charge in [-0.3, -0.25) is 4.79 Å². The summed E-state index contributed by atoms with van der Waals surface area (Å²) in [6.45, 7) is -0.119. The van der Waals surface area contributed by atoms with Crippen molar-refractivity contribution in [2.45, 2.75) is 37.0 Å². The fourth-order valence-electron chi connectivity index (χ4n) is 3.32. The SMILES string of the molecule is COc1cccc(C2CC2C(=O)N2CCC(O)(C(F)(F)F)CC2)c1. The predicted molar refractivity (Wildman–Crippen MR) is 80.7 cm³/mol. The van der Waals surface area contributed by atoms with Crippen LogP contribution in [0.25, 0.3) is 0 Å². The number of aliphatic hydroxyl groups is 1. The van der Waals surface area contributed by atoms with E-state index in [1.165, 1.54) is 4.90 Å². The van der Waals surface area contributed by atoms with Gasteiger partial charge in [0.05, 0.1) is 7.11 Å². The molecule has 1 saturated carbocycles. The van der Waals surface area contributed by atoms with E-state index >= 15 is 0 Å². The van der Waals surface area contributed by atoms with Gasteiger partial charge in [0.1, 0.15) is 5.75 Å². The van der Waals surface area contributed by atoms with Crippen LogP contribution in [-0.2, 0) is 4.79 Å². The molecule has 3 rings (SSSR count). The van der Waals surface area contributed by atoms with Crippen LogP contribution in [0.3, 0.4) is 0 Å². The molecule has 2 unspecified atom stereocenters. The Morgan fingerprint density at radius 1 is 1.33 bits per heavy atom. The number of halogens is 3. The lowest BCUT2D eigenvalue weighted by Crippen LogP contribution is -2.54. The number of ether oxygens (including phenoxy) is 1. The molecule has 1 aliphatic heterocycles. The molecule has 7 heteroatoms. The highest BCUT2D eigenvalue weighted by Gasteiger charge is 2.56. The molecule has 1 heterocycles. The predicted octanol–water partition coefficient (Wildman–Crippen LogP) is 2.71. The van der Waals surface area contributed by atoms with E-state index in [1.54, 1.807) is 7.11 Å². The van der Waals surface area contributed by atoms with Crippen molar-refractivity contribution in [3.05, 3.63) is 29.8 Å². The summed E-state index contributed by atoms with van der Waals surface area (Å²) in [5.74, 6) is 0.510. The first-order valence-electron chi connectivity index (χ1n) is 7.97. The molecule has 0 aromatic heterocycles. The summed E-state index contributed by atoms with van der Waals surface area (Å²) in [7, 11) is 1.57.